The van der Waals surface area contributed by atoms with Crippen molar-refractivity contribution in [1.82, 2.24) is 5.32 Å². The SMILES string of the molecule is CCc1ccccc1CN[C@@H](C)c1ccc(Cl)cc1. The number of hydrogen-bond donors (Lipinski definition) is 1. The van der Waals surface area contributed by atoms with Crippen molar-refractivity contribution >= 4 is 11.6 Å². The average Bonchev–Trinajstić information content (AvgIpc) is 2.45. The van der Waals surface area contributed by atoms with Gasteiger partial charge in [-0.2, -0.15) is 0 Å². The minimum atomic E-state index is 0.321. The van der Waals surface area contributed by atoms with Gasteiger partial charge in [0.05, 0.1) is 0 Å². The molecule has 1 N–H and O–H groups in total. The Morgan fingerprint density at radius 3 is 2.26 bits per heavy atom. The van der Waals surface area contributed by atoms with Crippen molar-refractivity contribution in [3.05, 3.63) is 70.2 Å². The summed E-state index contributed by atoms with van der Waals surface area (Å²) in [5, 5.41) is 4.35. The Morgan fingerprint density at radius 1 is 1.00 bits per heavy atom. The van der Waals surface area contributed by atoms with Crippen molar-refractivity contribution in [1.29, 1.82) is 0 Å². The van der Waals surface area contributed by atoms with Gasteiger partial charge in [0, 0.05) is 17.6 Å². The summed E-state index contributed by atoms with van der Waals surface area (Å²) in [6.07, 6.45) is 1.08. The fourth-order valence-corrected chi connectivity index (χ4v) is 2.33. The van der Waals surface area contributed by atoms with E-state index in [0.717, 1.165) is 18.0 Å². The lowest BCUT2D eigenvalue weighted by Crippen LogP contribution is -2.18. The van der Waals surface area contributed by atoms with E-state index in [1.807, 2.05) is 12.1 Å². The Hall–Kier alpha value is -1.31. The van der Waals surface area contributed by atoms with Gasteiger partial charge in [0.15, 0.2) is 0 Å². The quantitative estimate of drug-likeness (QED) is 0.829. The fourth-order valence-electron chi connectivity index (χ4n) is 2.21. The van der Waals surface area contributed by atoms with E-state index in [1.165, 1.54) is 16.7 Å². The molecule has 0 aliphatic rings. The second-order valence-electron chi connectivity index (χ2n) is 4.78. The van der Waals surface area contributed by atoms with Gasteiger partial charge in [0.2, 0.25) is 0 Å². The third kappa shape index (κ3) is 3.82. The second-order valence-corrected chi connectivity index (χ2v) is 5.21. The zero-order valence-electron chi connectivity index (χ0n) is 11.5. The van der Waals surface area contributed by atoms with E-state index in [9.17, 15) is 0 Å². The third-order valence-electron chi connectivity index (χ3n) is 3.47. The van der Waals surface area contributed by atoms with E-state index < -0.39 is 0 Å². The first kappa shape index (κ1) is 14.1. The largest absolute Gasteiger partial charge is 0.306 e. The molecule has 2 heteroatoms. The highest BCUT2D eigenvalue weighted by Gasteiger charge is 2.06. The van der Waals surface area contributed by atoms with Gasteiger partial charge in [-0.25, -0.2) is 0 Å². The summed E-state index contributed by atoms with van der Waals surface area (Å²) in [5.74, 6) is 0. The molecule has 19 heavy (non-hydrogen) atoms. The Balaban J connectivity index is 2.00. The van der Waals surface area contributed by atoms with E-state index >= 15 is 0 Å². The van der Waals surface area contributed by atoms with E-state index in [2.05, 4.69) is 55.6 Å². The lowest BCUT2D eigenvalue weighted by atomic mass is 10.0. The van der Waals surface area contributed by atoms with Crippen LogP contribution < -0.4 is 5.32 Å². The summed E-state index contributed by atoms with van der Waals surface area (Å²) in [7, 11) is 0. The first-order valence-electron chi connectivity index (χ1n) is 6.76. The van der Waals surface area contributed by atoms with Crippen LogP contribution in [-0.4, -0.2) is 0 Å². The van der Waals surface area contributed by atoms with E-state index in [4.69, 9.17) is 11.6 Å². The van der Waals surface area contributed by atoms with Crippen LogP contribution in [0.4, 0.5) is 0 Å². The average molecular weight is 274 g/mol. The van der Waals surface area contributed by atoms with Gasteiger partial charge in [-0.3, -0.25) is 0 Å². The normalized spacial score (nSPS) is 12.4. The lowest BCUT2D eigenvalue weighted by Gasteiger charge is -2.16. The minimum absolute atomic E-state index is 0.321. The van der Waals surface area contributed by atoms with Crippen LogP contribution in [0.2, 0.25) is 5.02 Å². The monoisotopic (exact) mass is 273 g/mol. The van der Waals surface area contributed by atoms with Crippen molar-refractivity contribution in [3.63, 3.8) is 0 Å². The fraction of sp³-hybridized carbons (Fsp3) is 0.294. The number of hydrogen-bond acceptors (Lipinski definition) is 1. The van der Waals surface area contributed by atoms with Crippen molar-refractivity contribution in [2.24, 2.45) is 0 Å². The molecule has 0 aliphatic heterocycles. The molecule has 0 aliphatic carbocycles. The molecule has 0 aromatic heterocycles. The van der Waals surface area contributed by atoms with Crippen LogP contribution in [0, 0.1) is 0 Å². The van der Waals surface area contributed by atoms with E-state index in [1.54, 1.807) is 0 Å². The molecular weight excluding hydrogens is 254 g/mol. The predicted octanol–water partition coefficient (Wildman–Crippen LogP) is 4.75. The summed E-state index contributed by atoms with van der Waals surface area (Å²) in [5.41, 5.74) is 4.06. The smallest absolute Gasteiger partial charge is 0.0406 e. The van der Waals surface area contributed by atoms with Gasteiger partial charge in [0.1, 0.15) is 0 Å². The molecule has 0 amide bonds. The van der Waals surface area contributed by atoms with Crippen LogP contribution in [0.15, 0.2) is 48.5 Å². The Bertz CT molecular complexity index is 519. The van der Waals surface area contributed by atoms with Gasteiger partial charge in [0.25, 0.3) is 0 Å². The molecule has 2 aromatic carbocycles. The third-order valence-corrected chi connectivity index (χ3v) is 3.72. The van der Waals surface area contributed by atoms with Gasteiger partial charge in [-0.05, 0) is 42.2 Å². The topological polar surface area (TPSA) is 12.0 Å². The first-order chi connectivity index (χ1) is 9.20. The molecule has 0 radical (unpaired) electrons. The van der Waals surface area contributed by atoms with Crippen molar-refractivity contribution in [2.75, 3.05) is 0 Å². The van der Waals surface area contributed by atoms with E-state index in [-0.39, 0.29) is 0 Å². The maximum atomic E-state index is 5.91. The molecular formula is C17H20ClN. The molecule has 0 spiro atoms. The Labute approximate surface area is 120 Å². The van der Waals surface area contributed by atoms with Crippen molar-refractivity contribution < 1.29 is 0 Å². The standard InChI is InChI=1S/C17H20ClN/c1-3-14-6-4-5-7-16(14)12-19-13(2)15-8-10-17(18)11-9-15/h4-11,13,19H,3,12H2,1-2H3/t13-/m0/s1. The zero-order valence-corrected chi connectivity index (χ0v) is 12.2. The van der Waals surface area contributed by atoms with Gasteiger partial charge < -0.3 is 5.32 Å². The van der Waals surface area contributed by atoms with Crippen molar-refractivity contribution in [2.45, 2.75) is 32.9 Å². The summed E-state index contributed by atoms with van der Waals surface area (Å²) in [6.45, 7) is 5.27. The number of benzene rings is 2. The molecule has 0 heterocycles. The number of aryl methyl sites for hydroxylation is 1. The van der Waals surface area contributed by atoms with Gasteiger partial charge in [-0.15, -0.1) is 0 Å². The number of rotatable bonds is 5. The molecule has 0 bridgehead atoms. The summed E-state index contributed by atoms with van der Waals surface area (Å²) in [4.78, 5) is 0. The molecule has 0 unspecified atom stereocenters. The van der Waals surface area contributed by atoms with Crippen LogP contribution in [0.5, 0.6) is 0 Å². The van der Waals surface area contributed by atoms with Crippen LogP contribution in [-0.2, 0) is 13.0 Å². The molecule has 0 saturated heterocycles. The Morgan fingerprint density at radius 2 is 1.63 bits per heavy atom. The van der Waals surface area contributed by atoms with Crippen LogP contribution in [0.1, 0.15) is 36.6 Å². The lowest BCUT2D eigenvalue weighted by molar-refractivity contribution is 0.572. The summed E-state index contributed by atoms with van der Waals surface area (Å²) >= 11 is 5.91. The maximum absolute atomic E-state index is 5.91. The van der Waals surface area contributed by atoms with Gasteiger partial charge in [-0.1, -0.05) is 54.9 Å². The van der Waals surface area contributed by atoms with Crippen LogP contribution >= 0.6 is 11.6 Å². The second kappa shape index (κ2) is 6.74. The number of halogens is 1. The molecule has 2 aromatic rings. The molecule has 100 valence electrons. The maximum Gasteiger partial charge on any atom is 0.0406 e. The van der Waals surface area contributed by atoms with Crippen LogP contribution in [0.3, 0.4) is 0 Å². The van der Waals surface area contributed by atoms with Crippen LogP contribution in [0.25, 0.3) is 0 Å². The molecule has 0 saturated carbocycles. The first-order valence-corrected chi connectivity index (χ1v) is 7.14. The molecule has 1 nitrogen and oxygen atoms in total. The highest BCUT2D eigenvalue weighted by molar-refractivity contribution is 6.30. The number of nitrogens with one attached hydrogen (secondary N) is 1. The highest BCUT2D eigenvalue weighted by atomic mass is 35.5. The molecule has 2 rings (SSSR count). The predicted molar refractivity (Wildman–Crippen MR) is 82.5 cm³/mol. The van der Waals surface area contributed by atoms with Gasteiger partial charge >= 0.3 is 0 Å². The molecule has 1 atom stereocenters. The highest BCUT2D eigenvalue weighted by Crippen LogP contribution is 2.17. The molecule has 0 fully saturated rings. The van der Waals surface area contributed by atoms with E-state index in [0.29, 0.717) is 6.04 Å². The summed E-state index contributed by atoms with van der Waals surface area (Å²) < 4.78 is 0. The Kier molecular flexibility index (Phi) is 5.00. The minimum Gasteiger partial charge on any atom is -0.306 e. The summed E-state index contributed by atoms with van der Waals surface area (Å²) in [6, 6.07) is 16.9. The zero-order chi connectivity index (χ0) is 13.7. The van der Waals surface area contributed by atoms with Crippen molar-refractivity contribution in [3.8, 4) is 0 Å².